The maximum absolute atomic E-state index is 11.7. The van der Waals surface area contributed by atoms with Crippen LogP contribution >= 0.6 is 0 Å². The average molecular weight is 248 g/mol. The van der Waals surface area contributed by atoms with Gasteiger partial charge in [0.05, 0.1) is 7.11 Å². The van der Waals surface area contributed by atoms with Gasteiger partial charge < -0.3 is 4.74 Å². The number of likely N-dealkylation sites (tertiary alicyclic amines) is 1. The van der Waals surface area contributed by atoms with Gasteiger partial charge >= 0.3 is 5.97 Å². The number of carbonyl (C=O) groups excluding carboxylic acids is 1. The lowest BCUT2D eigenvalue weighted by Gasteiger charge is -2.33. The van der Waals surface area contributed by atoms with E-state index in [-0.39, 0.29) is 5.97 Å². The molecule has 0 aromatic carbocycles. The van der Waals surface area contributed by atoms with Gasteiger partial charge in [-0.05, 0) is 37.9 Å². The van der Waals surface area contributed by atoms with Crippen LogP contribution in [-0.2, 0) is 11.3 Å². The molecule has 98 valence electrons. The number of hydrogen-bond acceptors (Lipinski definition) is 4. The Morgan fingerprint density at radius 1 is 1.56 bits per heavy atom. The molecule has 0 bridgehead atoms. The van der Waals surface area contributed by atoms with Crippen molar-refractivity contribution in [1.82, 2.24) is 9.88 Å². The molecule has 0 N–H and O–H groups in total. The fraction of sp³-hybridized carbons (Fsp3) is 0.571. The summed E-state index contributed by atoms with van der Waals surface area (Å²) in [6.07, 6.45) is 5.40. The molecule has 18 heavy (non-hydrogen) atoms. The third-order valence-electron chi connectivity index (χ3n) is 3.58. The van der Waals surface area contributed by atoms with Gasteiger partial charge in [0.1, 0.15) is 0 Å². The second-order valence-electron chi connectivity index (χ2n) is 4.82. The molecule has 0 amide bonds. The van der Waals surface area contributed by atoms with E-state index in [0.29, 0.717) is 11.7 Å². The van der Waals surface area contributed by atoms with Crippen molar-refractivity contribution in [3.8, 4) is 0 Å². The van der Waals surface area contributed by atoms with Gasteiger partial charge in [-0.1, -0.05) is 12.5 Å². The molecule has 2 rings (SSSR count). The van der Waals surface area contributed by atoms with Crippen LogP contribution in [0.25, 0.3) is 0 Å². The summed E-state index contributed by atoms with van der Waals surface area (Å²) in [5, 5.41) is 0. The van der Waals surface area contributed by atoms with Crippen molar-refractivity contribution < 1.29 is 9.53 Å². The molecule has 4 heteroatoms. The van der Waals surface area contributed by atoms with E-state index in [1.54, 1.807) is 6.20 Å². The second-order valence-corrected chi connectivity index (χ2v) is 4.82. The average Bonchev–Trinajstić information content (AvgIpc) is 2.41. The zero-order valence-electron chi connectivity index (χ0n) is 11.1. The first-order valence-corrected chi connectivity index (χ1v) is 6.48. The number of hydrogen-bond donors (Lipinski definition) is 0. The largest absolute Gasteiger partial charge is 0.464 e. The Morgan fingerprint density at radius 3 is 3.11 bits per heavy atom. The van der Waals surface area contributed by atoms with E-state index in [4.69, 9.17) is 4.74 Å². The SMILES string of the molecule is COC(=O)c1ncccc1CN1CCCCC1C. The topological polar surface area (TPSA) is 42.4 Å². The molecule has 1 aromatic rings. The molecule has 4 nitrogen and oxygen atoms in total. The van der Waals surface area contributed by atoms with Gasteiger partial charge in [-0.2, -0.15) is 0 Å². The molecule has 1 unspecified atom stereocenters. The minimum atomic E-state index is -0.352. The number of esters is 1. The highest BCUT2D eigenvalue weighted by Crippen LogP contribution is 2.20. The van der Waals surface area contributed by atoms with Crippen LogP contribution in [0.1, 0.15) is 42.2 Å². The lowest BCUT2D eigenvalue weighted by molar-refractivity contribution is 0.0589. The summed E-state index contributed by atoms with van der Waals surface area (Å²) in [5.74, 6) is -0.352. The molecule has 0 aliphatic carbocycles. The number of pyridine rings is 1. The third-order valence-corrected chi connectivity index (χ3v) is 3.58. The molecule has 1 aliphatic heterocycles. The summed E-state index contributed by atoms with van der Waals surface area (Å²) in [6.45, 7) is 4.11. The quantitative estimate of drug-likeness (QED) is 0.769. The Labute approximate surface area is 108 Å². The van der Waals surface area contributed by atoms with E-state index in [1.165, 1.54) is 26.4 Å². The van der Waals surface area contributed by atoms with Crippen LogP contribution < -0.4 is 0 Å². The molecule has 1 aromatic heterocycles. The van der Waals surface area contributed by atoms with E-state index < -0.39 is 0 Å². The zero-order chi connectivity index (χ0) is 13.0. The van der Waals surface area contributed by atoms with Crippen LogP contribution in [0.4, 0.5) is 0 Å². The van der Waals surface area contributed by atoms with E-state index in [2.05, 4.69) is 16.8 Å². The lowest BCUT2D eigenvalue weighted by atomic mass is 10.0. The van der Waals surface area contributed by atoms with Crippen molar-refractivity contribution in [3.63, 3.8) is 0 Å². The first-order chi connectivity index (χ1) is 8.72. The summed E-state index contributed by atoms with van der Waals surface area (Å²) >= 11 is 0. The maximum atomic E-state index is 11.7. The number of rotatable bonds is 3. The summed E-state index contributed by atoms with van der Waals surface area (Å²) in [4.78, 5) is 18.2. The molecule has 1 aliphatic rings. The number of piperidine rings is 1. The van der Waals surface area contributed by atoms with Gasteiger partial charge in [-0.3, -0.25) is 4.90 Å². The van der Waals surface area contributed by atoms with E-state index in [9.17, 15) is 4.79 Å². The normalized spacial score (nSPS) is 20.7. The maximum Gasteiger partial charge on any atom is 0.356 e. The zero-order valence-corrected chi connectivity index (χ0v) is 11.1. The molecule has 0 spiro atoms. The predicted octanol–water partition coefficient (Wildman–Crippen LogP) is 2.24. The molecule has 1 atom stereocenters. The number of methoxy groups -OCH3 is 1. The smallest absolute Gasteiger partial charge is 0.356 e. The third kappa shape index (κ3) is 2.88. The molecular weight excluding hydrogens is 228 g/mol. The van der Waals surface area contributed by atoms with Crippen molar-refractivity contribution in [2.24, 2.45) is 0 Å². The summed E-state index contributed by atoms with van der Waals surface area (Å²) in [7, 11) is 1.39. The van der Waals surface area contributed by atoms with Gasteiger partial charge in [0.2, 0.25) is 0 Å². The summed E-state index contributed by atoms with van der Waals surface area (Å²) in [5.41, 5.74) is 1.40. The Balaban J connectivity index is 2.15. The van der Waals surface area contributed by atoms with Gasteiger partial charge in [-0.15, -0.1) is 0 Å². The number of aromatic nitrogens is 1. The number of nitrogens with zero attached hydrogens (tertiary/aromatic N) is 2. The Hall–Kier alpha value is -1.42. The molecular formula is C14H20N2O2. The number of carbonyl (C=O) groups is 1. The molecule has 1 fully saturated rings. The monoisotopic (exact) mass is 248 g/mol. The van der Waals surface area contributed by atoms with Crippen LogP contribution in [0.3, 0.4) is 0 Å². The van der Waals surface area contributed by atoms with Crippen molar-refractivity contribution in [2.45, 2.75) is 38.8 Å². The van der Waals surface area contributed by atoms with Gasteiger partial charge in [-0.25, -0.2) is 9.78 Å². The van der Waals surface area contributed by atoms with E-state index >= 15 is 0 Å². The van der Waals surface area contributed by atoms with Crippen LogP contribution in [0, 0.1) is 0 Å². The van der Waals surface area contributed by atoms with Crippen molar-refractivity contribution in [2.75, 3.05) is 13.7 Å². The van der Waals surface area contributed by atoms with E-state index in [0.717, 1.165) is 18.7 Å². The summed E-state index contributed by atoms with van der Waals surface area (Å²) < 4.78 is 4.77. The van der Waals surface area contributed by atoms with Crippen LogP contribution in [-0.4, -0.2) is 35.5 Å². The van der Waals surface area contributed by atoms with Crippen LogP contribution in [0.15, 0.2) is 18.3 Å². The highest BCUT2D eigenvalue weighted by atomic mass is 16.5. The molecule has 0 saturated carbocycles. The molecule has 0 radical (unpaired) electrons. The lowest BCUT2D eigenvalue weighted by Crippen LogP contribution is -2.37. The van der Waals surface area contributed by atoms with Gasteiger partial charge in [0, 0.05) is 18.8 Å². The van der Waals surface area contributed by atoms with E-state index in [1.807, 2.05) is 12.1 Å². The minimum absolute atomic E-state index is 0.352. The van der Waals surface area contributed by atoms with Crippen LogP contribution in [0.2, 0.25) is 0 Å². The first kappa shape index (κ1) is 13.0. The predicted molar refractivity (Wildman–Crippen MR) is 69.3 cm³/mol. The fourth-order valence-corrected chi connectivity index (χ4v) is 2.46. The molecule has 1 saturated heterocycles. The highest BCUT2D eigenvalue weighted by molar-refractivity contribution is 5.88. The summed E-state index contributed by atoms with van der Waals surface area (Å²) in [6, 6.07) is 4.40. The number of ether oxygens (including phenoxy) is 1. The Morgan fingerprint density at radius 2 is 2.39 bits per heavy atom. The highest BCUT2D eigenvalue weighted by Gasteiger charge is 2.21. The van der Waals surface area contributed by atoms with Crippen LogP contribution in [0.5, 0.6) is 0 Å². The second kappa shape index (κ2) is 5.96. The molecule has 2 heterocycles. The van der Waals surface area contributed by atoms with Gasteiger partial charge in [0.25, 0.3) is 0 Å². The fourth-order valence-electron chi connectivity index (χ4n) is 2.46. The van der Waals surface area contributed by atoms with Crippen molar-refractivity contribution in [1.29, 1.82) is 0 Å². The Kier molecular flexibility index (Phi) is 4.31. The standard InChI is InChI=1S/C14H20N2O2/c1-11-6-3-4-9-16(11)10-12-7-5-8-15-13(12)14(17)18-2/h5,7-8,11H,3-4,6,9-10H2,1-2H3. The van der Waals surface area contributed by atoms with Gasteiger partial charge in [0.15, 0.2) is 5.69 Å². The first-order valence-electron chi connectivity index (χ1n) is 6.48. The minimum Gasteiger partial charge on any atom is -0.464 e. The van der Waals surface area contributed by atoms with Crippen molar-refractivity contribution in [3.05, 3.63) is 29.6 Å². The Bertz CT molecular complexity index is 420. The van der Waals surface area contributed by atoms with Crippen molar-refractivity contribution >= 4 is 5.97 Å².